The normalized spacial score (nSPS) is 25.9. The Bertz CT molecular complexity index is 372. The van der Waals surface area contributed by atoms with Gasteiger partial charge in [0.25, 0.3) is 5.91 Å². The lowest BCUT2D eigenvalue weighted by Gasteiger charge is -2.20. The molecule has 0 bridgehead atoms. The van der Waals surface area contributed by atoms with Gasteiger partial charge in [-0.05, 0) is 25.3 Å². The monoisotopic (exact) mass is 207 g/mol. The Morgan fingerprint density at radius 3 is 2.80 bits per heavy atom. The van der Waals surface area contributed by atoms with Gasteiger partial charge in [-0.2, -0.15) is 0 Å². The number of carbonyl (C=O) groups excluding carboxylic acids is 1. The van der Waals surface area contributed by atoms with Crippen molar-refractivity contribution in [2.24, 2.45) is 5.92 Å². The Labute approximate surface area is 89.5 Å². The molecule has 2 rings (SSSR count). The van der Waals surface area contributed by atoms with Crippen molar-refractivity contribution < 1.29 is 4.79 Å². The van der Waals surface area contributed by atoms with Gasteiger partial charge in [-0.3, -0.25) is 4.79 Å². The number of aromatic nitrogens is 1. The molecule has 82 valence electrons. The number of nitrogens with one attached hydrogen (secondary N) is 1. The van der Waals surface area contributed by atoms with E-state index in [4.69, 9.17) is 5.73 Å². The largest absolute Gasteiger partial charge is 0.397 e. The number of hydrogen-bond acceptors (Lipinski definition) is 2. The molecule has 0 aliphatic carbocycles. The lowest BCUT2D eigenvalue weighted by Crippen LogP contribution is -2.34. The van der Waals surface area contributed by atoms with Crippen LogP contribution in [0.2, 0.25) is 0 Å². The van der Waals surface area contributed by atoms with E-state index >= 15 is 0 Å². The molecular formula is C11H17N3O. The molecule has 1 fully saturated rings. The second kappa shape index (κ2) is 3.61. The molecule has 0 aromatic carbocycles. The molecule has 2 atom stereocenters. The van der Waals surface area contributed by atoms with Crippen LogP contribution in [0.5, 0.6) is 0 Å². The first-order valence-electron chi connectivity index (χ1n) is 5.32. The highest BCUT2D eigenvalue weighted by Crippen LogP contribution is 2.24. The van der Waals surface area contributed by atoms with Crippen molar-refractivity contribution in [3.05, 3.63) is 18.0 Å². The van der Waals surface area contributed by atoms with E-state index in [1.54, 1.807) is 12.3 Å². The third-order valence-corrected chi connectivity index (χ3v) is 2.98. The van der Waals surface area contributed by atoms with Crippen LogP contribution in [-0.2, 0) is 0 Å². The van der Waals surface area contributed by atoms with E-state index in [1.165, 1.54) is 0 Å². The molecule has 1 aromatic heterocycles. The van der Waals surface area contributed by atoms with Crippen LogP contribution >= 0.6 is 0 Å². The molecule has 0 saturated carbocycles. The highest BCUT2D eigenvalue weighted by atomic mass is 16.2. The Morgan fingerprint density at radius 1 is 1.60 bits per heavy atom. The first kappa shape index (κ1) is 10.1. The number of likely N-dealkylation sites (tertiary alicyclic amines) is 1. The van der Waals surface area contributed by atoms with Gasteiger partial charge in [-0.25, -0.2) is 0 Å². The first-order valence-corrected chi connectivity index (χ1v) is 5.32. The van der Waals surface area contributed by atoms with Gasteiger partial charge in [-0.15, -0.1) is 0 Å². The molecule has 1 aromatic rings. The van der Waals surface area contributed by atoms with E-state index < -0.39 is 0 Å². The Balaban J connectivity index is 2.15. The van der Waals surface area contributed by atoms with Crippen molar-refractivity contribution in [2.45, 2.75) is 26.3 Å². The van der Waals surface area contributed by atoms with Gasteiger partial charge in [0.2, 0.25) is 0 Å². The predicted molar refractivity (Wildman–Crippen MR) is 59.5 cm³/mol. The number of hydrogen-bond donors (Lipinski definition) is 2. The second-order valence-electron chi connectivity index (χ2n) is 4.49. The zero-order chi connectivity index (χ0) is 11.0. The van der Waals surface area contributed by atoms with E-state index in [0.29, 0.717) is 23.3 Å². The smallest absolute Gasteiger partial charge is 0.270 e. The van der Waals surface area contributed by atoms with Crippen LogP contribution in [0.15, 0.2) is 12.3 Å². The van der Waals surface area contributed by atoms with Gasteiger partial charge in [0.1, 0.15) is 5.69 Å². The van der Waals surface area contributed by atoms with Crippen LogP contribution in [0.4, 0.5) is 5.69 Å². The molecule has 2 unspecified atom stereocenters. The number of rotatable bonds is 1. The summed E-state index contributed by atoms with van der Waals surface area (Å²) < 4.78 is 0. The van der Waals surface area contributed by atoms with Gasteiger partial charge in [-0.1, -0.05) is 6.92 Å². The number of anilines is 1. The fraction of sp³-hybridized carbons (Fsp3) is 0.545. The summed E-state index contributed by atoms with van der Waals surface area (Å²) in [5.74, 6) is 0.653. The molecule has 1 aliphatic heterocycles. The van der Waals surface area contributed by atoms with Crippen LogP contribution in [-0.4, -0.2) is 28.4 Å². The number of H-pyrrole nitrogens is 1. The number of nitrogens with zero attached hydrogens (tertiary/aromatic N) is 1. The van der Waals surface area contributed by atoms with Crippen LogP contribution in [0.1, 0.15) is 30.8 Å². The number of aromatic amines is 1. The second-order valence-corrected chi connectivity index (χ2v) is 4.49. The summed E-state index contributed by atoms with van der Waals surface area (Å²) in [5, 5.41) is 0. The molecule has 15 heavy (non-hydrogen) atoms. The molecular weight excluding hydrogens is 190 g/mol. The van der Waals surface area contributed by atoms with Gasteiger partial charge in [0, 0.05) is 24.5 Å². The molecule has 1 saturated heterocycles. The highest BCUT2D eigenvalue weighted by molar-refractivity contribution is 5.93. The number of amides is 1. The summed E-state index contributed by atoms with van der Waals surface area (Å²) in [4.78, 5) is 16.9. The van der Waals surface area contributed by atoms with Gasteiger partial charge in [0.05, 0.1) is 0 Å². The van der Waals surface area contributed by atoms with Crippen LogP contribution in [0, 0.1) is 5.92 Å². The molecule has 0 radical (unpaired) electrons. The zero-order valence-electron chi connectivity index (χ0n) is 9.16. The minimum absolute atomic E-state index is 0.0588. The van der Waals surface area contributed by atoms with E-state index in [9.17, 15) is 4.79 Å². The van der Waals surface area contributed by atoms with Gasteiger partial charge < -0.3 is 15.6 Å². The average molecular weight is 207 g/mol. The fourth-order valence-electron chi connectivity index (χ4n) is 2.27. The van der Waals surface area contributed by atoms with E-state index in [0.717, 1.165) is 13.0 Å². The summed E-state index contributed by atoms with van der Waals surface area (Å²) >= 11 is 0. The average Bonchev–Trinajstić information content (AvgIpc) is 2.71. The molecule has 3 N–H and O–H groups in total. The van der Waals surface area contributed by atoms with E-state index in [-0.39, 0.29) is 5.91 Å². The van der Waals surface area contributed by atoms with Crippen LogP contribution in [0.3, 0.4) is 0 Å². The summed E-state index contributed by atoms with van der Waals surface area (Å²) in [6.45, 7) is 5.11. The van der Waals surface area contributed by atoms with Gasteiger partial charge >= 0.3 is 0 Å². The first-order chi connectivity index (χ1) is 7.08. The summed E-state index contributed by atoms with van der Waals surface area (Å²) in [6.07, 6.45) is 2.74. The molecule has 2 heterocycles. The summed E-state index contributed by atoms with van der Waals surface area (Å²) in [5.41, 5.74) is 6.78. The molecule has 4 heteroatoms. The van der Waals surface area contributed by atoms with Crippen molar-refractivity contribution in [3.8, 4) is 0 Å². The highest BCUT2D eigenvalue weighted by Gasteiger charge is 2.30. The van der Waals surface area contributed by atoms with Crippen molar-refractivity contribution in [1.82, 2.24) is 9.88 Å². The van der Waals surface area contributed by atoms with E-state index in [2.05, 4.69) is 18.8 Å². The maximum Gasteiger partial charge on any atom is 0.270 e. The lowest BCUT2D eigenvalue weighted by atomic mass is 10.1. The third kappa shape index (κ3) is 1.84. The standard InChI is InChI=1S/C11H17N3O/c1-7-3-8(2)14(6-7)11(15)10-4-9(12)5-13-10/h4-5,7-8,13H,3,6,12H2,1-2H3. The Hall–Kier alpha value is -1.45. The Kier molecular flexibility index (Phi) is 2.42. The molecule has 4 nitrogen and oxygen atoms in total. The fourth-order valence-corrected chi connectivity index (χ4v) is 2.27. The van der Waals surface area contributed by atoms with Gasteiger partial charge in [0.15, 0.2) is 0 Å². The molecule has 1 amide bonds. The number of nitrogen functional groups attached to an aromatic ring is 1. The minimum atomic E-state index is 0.0588. The minimum Gasteiger partial charge on any atom is -0.397 e. The van der Waals surface area contributed by atoms with E-state index in [1.807, 2.05) is 4.90 Å². The predicted octanol–water partition coefficient (Wildman–Crippen LogP) is 1.47. The summed E-state index contributed by atoms with van der Waals surface area (Å²) in [7, 11) is 0. The third-order valence-electron chi connectivity index (χ3n) is 2.98. The maximum absolute atomic E-state index is 12.1. The quantitative estimate of drug-likeness (QED) is 0.732. The SMILES string of the molecule is CC1CC(C)N(C(=O)c2cc(N)c[nH]2)C1. The number of carbonyl (C=O) groups is 1. The van der Waals surface area contributed by atoms with Crippen molar-refractivity contribution in [1.29, 1.82) is 0 Å². The maximum atomic E-state index is 12.1. The van der Waals surface area contributed by atoms with Crippen LogP contribution < -0.4 is 5.73 Å². The topological polar surface area (TPSA) is 62.1 Å². The zero-order valence-corrected chi connectivity index (χ0v) is 9.16. The Morgan fingerprint density at radius 2 is 2.33 bits per heavy atom. The lowest BCUT2D eigenvalue weighted by molar-refractivity contribution is 0.0738. The van der Waals surface area contributed by atoms with Crippen molar-refractivity contribution in [2.75, 3.05) is 12.3 Å². The molecule has 1 aliphatic rings. The van der Waals surface area contributed by atoms with Crippen molar-refractivity contribution in [3.63, 3.8) is 0 Å². The molecule has 0 spiro atoms. The number of nitrogens with two attached hydrogens (primary N) is 1. The summed E-state index contributed by atoms with van der Waals surface area (Å²) in [6, 6.07) is 2.02. The van der Waals surface area contributed by atoms with Crippen molar-refractivity contribution >= 4 is 11.6 Å². The van der Waals surface area contributed by atoms with Crippen LogP contribution in [0.25, 0.3) is 0 Å².